The second-order valence-electron chi connectivity index (χ2n) is 8.07. The highest BCUT2D eigenvalue weighted by atomic mass is 16.8. The molecule has 1 N–H and O–H groups in total. The first kappa shape index (κ1) is 16.0. The molecule has 5 aliphatic rings. The van der Waals surface area contributed by atoms with Crippen LogP contribution in [-0.4, -0.2) is 54.0 Å². The van der Waals surface area contributed by atoms with Crippen molar-refractivity contribution in [1.82, 2.24) is 0 Å². The number of aliphatic hydroxyl groups excluding tert-OH is 1. The Morgan fingerprint density at radius 2 is 1.38 bits per heavy atom. The standard InChI is InChI=1S/C18H28O6/c19-13-14(12-11-20-17(22-12)7-3-1-4-8-17)21-16-15(13)23-18(24-16)9-5-2-6-10-18/h12-16,19H,1-11H2/t12-,13-,14+,15+,16-/m0/s1. The molecule has 3 saturated heterocycles. The Kier molecular flexibility index (Phi) is 3.92. The molecule has 24 heavy (non-hydrogen) atoms. The number of ether oxygens (including phenoxy) is 5. The average Bonchev–Trinajstić information content (AvgIpc) is 3.23. The van der Waals surface area contributed by atoms with E-state index >= 15 is 0 Å². The highest BCUT2D eigenvalue weighted by Gasteiger charge is 2.60. The van der Waals surface area contributed by atoms with E-state index in [9.17, 15) is 5.11 Å². The Hall–Kier alpha value is -0.240. The molecule has 0 aromatic rings. The molecule has 5 atom stereocenters. The van der Waals surface area contributed by atoms with Gasteiger partial charge in [-0.2, -0.15) is 0 Å². The zero-order valence-electron chi connectivity index (χ0n) is 14.2. The van der Waals surface area contributed by atoms with Crippen LogP contribution in [-0.2, 0) is 23.7 Å². The lowest BCUT2D eigenvalue weighted by Gasteiger charge is -2.34. The maximum atomic E-state index is 10.8. The van der Waals surface area contributed by atoms with Crippen molar-refractivity contribution in [2.24, 2.45) is 0 Å². The van der Waals surface area contributed by atoms with E-state index in [4.69, 9.17) is 23.7 Å². The quantitative estimate of drug-likeness (QED) is 0.789. The third-order valence-corrected chi connectivity index (χ3v) is 6.39. The van der Waals surface area contributed by atoms with Gasteiger partial charge in [0.1, 0.15) is 24.4 Å². The van der Waals surface area contributed by atoms with Crippen LogP contribution >= 0.6 is 0 Å². The minimum Gasteiger partial charge on any atom is -0.387 e. The van der Waals surface area contributed by atoms with Crippen molar-refractivity contribution in [3.8, 4) is 0 Å². The van der Waals surface area contributed by atoms with Crippen LogP contribution in [0, 0.1) is 0 Å². The van der Waals surface area contributed by atoms with Crippen molar-refractivity contribution in [2.45, 2.75) is 106 Å². The molecule has 2 spiro atoms. The van der Waals surface area contributed by atoms with E-state index in [-0.39, 0.29) is 6.10 Å². The number of rotatable bonds is 1. The average molecular weight is 340 g/mol. The highest BCUT2D eigenvalue weighted by molar-refractivity contribution is 5.00. The van der Waals surface area contributed by atoms with Crippen LogP contribution in [0.25, 0.3) is 0 Å². The smallest absolute Gasteiger partial charge is 0.190 e. The first-order valence-electron chi connectivity index (χ1n) is 9.70. The molecule has 136 valence electrons. The van der Waals surface area contributed by atoms with E-state index in [1.54, 1.807) is 0 Å². The molecule has 0 amide bonds. The van der Waals surface area contributed by atoms with Gasteiger partial charge in [-0.1, -0.05) is 12.8 Å². The highest BCUT2D eigenvalue weighted by Crippen LogP contribution is 2.47. The van der Waals surface area contributed by atoms with Crippen molar-refractivity contribution in [3.63, 3.8) is 0 Å². The summed E-state index contributed by atoms with van der Waals surface area (Å²) in [7, 11) is 0. The fraction of sp³-hybridized carbons (Fsp3) is 1.00. The number of hydrogen-bond acceptors (Lipinski definition) is 6. The Bertz CT molecular complexity index is 470. The molecule has 3 aliphatic heterocycles. The second kappa shape index (κ2) is 5.89. The van der Waals surface area contributed by atoms with Crippen molar-refractivity contribution in [3.05, 3.63) is 0 Å². The van der Waals surface area contributed by atoms with Crippen LogP contribution in [0.2, 0.25) is 0 Å². The summed E-state index contributed by atoms with van der Waals surface area (Å²) >= 11 is 0. The summed E-state index contributed by atoms with van der Waals surface area (Å²) in [6.45, 7) is 0.478. The molecule has 6 nitrogen and oxygen atoms in total. The molecule has 5 fully saturated rings. The first-order valence-corrected chi connectivity index (χ1v) is 9.70. The van der Waals surface area contributed by atoms with Crippen LogP contribution in [0.4, 0.5) is 0 Å². The molecular weight excluding hydrogens is 312 g/mol. The topological polar surface area (TPSA) is 66.4 Å². The molecule has 0 aromatic carbocycles. The lowest BCUT2D eigenvalue weighted by Crippen LogP contribution is -2.44. The molecule has 6 heteroatoms. The Morgan fingerprint density at radius 3 is 2.04 bits per heavy atom. The molecule has 5 rings (SSSR count). The van der Waals surface area contributed by atoms with E-state index in [0.717, 1.165) is 51.4 Å². The van der Waals surface area contributed by atoms with E-state index in [0.29, 0.717) is 6.61 Å². The van der Waals surface area contributed by atoms with Gasteiger partial charge in [0, 0.05) is 25.7 Å². The van der Waals surface area contributed by atoms with E-state index in [2.05, 4.69) is 0 Å². The van der Waals surface area contributed by atoms with Gasteiger partial charge >= 0.3 is 0 Å². The van der Waals surface area contributed by atoms with Gasteiger partial charge < -0.3 is 28.8 Å². The van der Waals surface area contributed by atoms with Crippen molar-refractivity contribution in [1.29, 1.82) is 0 Å². The van der Waals surface area contributed by atoms with Crippen molar-refractivity contribution < 1.29 is 28.8 Å². The largest absolute Gasteiger partial charge is 0.387 e. The molecule has 3 heterocycles. The van der Waals surface area contributed by atoms with E-state index < -0.39 is 36.2 Å². The Labute approximate surface area is 142 Å². The molecule has 2 saturated carbocycles. The molecule has 2 aliphatic carbocycles. The summed E-state index contributed by atoms with van der Waals surface area (Å²) in [5, 5.41) is 10.8. The number of aliphatic hydroxyl groups is 1. The summed E-state index contributed by atoms with van der Waals surface area (Å²) in [4.78, 5) is 0. The van der Waals surface area contributed by atoms with Crippen LogP contribution in [0.15, 0.2) is 0 Å². The third kappa shape index (κ3) is 2.54. The molecule has 0 bridgehead atoms. The normalized spacial score (nSPS) is 46.6. The lowest BCUT2D eigenvalue weighted by atomic mass is 9.94. The summed E-state index contributed by atoms with van der Waals surface area (Å²) in [6, 6.07) is 0. The predicted octanol–water partition coefficient (Wildman–Crippen LogP) is 2.22. The summed E-state index contributed by atoms with van der Waals surface area (Å²) in [5.41, 5.74) is 0. The number of fused-ring (bicyclic) bond motifs is 1. The van der Waals surface area contributed by atoms with Gasteiger partial charge in [0.05, 0.1) is 6.61 Å². The maximum Gasteiger partial charge on any atom is 0.190 e. The van der Waals surface area contributed by atoms with Gasteiger partial charge in [-0.3, -0.25) is 0 Å². The second-order valence-corrected chi connectivity index (χ2v) is 8.07. The Balaban J connectivity index is 1.24. The first-order chi connectivity index (χ1) is 11.7. The molecule has 0 radical (unpaired) electrons. The summed E-state index contributed by atoms with van der Waals surface area (Å²) < 4.78 is 30.5. The number of hydrogen-bond donors (Lipinski definition) is 1. The van der Waals surface area contributed by atoms with E-state index in [1.165, 1.54) is 12.8 Å². The SMILES string of the molecule is O[C@@H]1[C@H]2OC3(CCCCC3)O[C@@H]2O[C@@H]1[C@@H]1COC2(CCCCC2)O1. The monoisotopic (exact) mass is 340 g/mol. The minimum atomic E-state index is -0.719. The summed E-state index contributed by atoms with van der Waals surface area (Å²) in [6.07, 6.45) is 8.38. The zero-order chi connectivity index (χ0) is 16.2. The van der Waals surface area contributed by atoms with E-state index in [1.807, 2.05) is 0 Å². The minimum absolute atomic E-state index is 0.238. The molecular formula is C18H28O6. The van der Waals surface area contributed by atoms with Crippen LogP contribution in [0.3, 0.4) is 0 Å². The fourth-order valence-electron chi connectivity index (χ4n) is 5.09. The Morgan fingerprint density at radius 1 is 0.708 bits per heavy atom. The maximum absolute atomic E-state index is 10.8. The van der Waals surface area contributed by atoms with Gasteiger partial charge in [0.2, 0.25) is 0 Å². The van der Waals surface area contributed by atoms with Crippen LogP contribution in [0.1, 0.15) is 64.2 Å². The predicted molar refractivity (Wildman–Crippen MR) is 83.1 cm³/mol. The van der Waals surface area contributed by atoms with Crippen molar-refractivity contribution >= 4 is 0 Å². The van der Waals surface area contributed by atoms with Crippen molar-refractivity contribution in [2.75, 3.05) is 6.61 Å². The lowest BCUT2D eigenvalue weighted by molar-refractivity contribution is -0.259. The van der Waals surface area contributed by atoms with Gasteiger partial charge in [0.15, 0.2) is 17.9 Å². The van der Waals surface area contributed by atoms with Gasteiger partial charge in [0.25, 0.3) is 0 Å². The fourth-order valence-corrected chi connectivity index (χ4v) is 5.09. The van der Waals surface area contributed by atoms with Gasteiger partial charge in [-0.25, -0.2) is 0 Å². The zero-order valence-corrected chi connectivity index (χ0v) is 14.2. The third-order valence-electron chi connectivity index (χ3n) is 6.39. The molecule has 0 aromatic heterocycles. The van der Waals surface area contributed by atoms with Gasteiger partial charge in [-0.15, -0.1) is 0 Å². The van der Waals surface area contributed by atoms with Crippen LogP contribution < -0.4 is 0 Å². The van der Waals surface area contributed by atoms with Gasteiger partial charge in [-0.05, 0) is 25.7 Å². The van der Waals surface area contributed by atoms with Crippen LogP contribution in [0.5, 0.6) is 0 Å². The summed E-state index contributed by atoms with van der Waals surface area (Å²) in [5.74, 6) is -0.979. The molecule has 0 unspecified atom stereocenters.